The van der Waals surface area contributed by atoms with Crippen molar-refractivity contribution in [2.45, 2.75) is 0 Å². The molecule has 1 aromatic heterocycles. The van der Waals surface area contributed by atoms with Crippen molar-refractivity contribution in [2.24, 2.45) is 0 Å². The van der Waals surface area contributed by atoms with Crippen LogP contribution in [-0.2, 0) is 9.53 Å². The van der Waals surface area contributed by atoms with Gasteiger partial charge in [-0.3, -0.25) is 19.3 Å². The van der Waals surface area contributed by atoms with Gasteiger partial charge in [0.2, 0.25) is 0 Å². The normalized spacial score (nSPS) is 14.8. The minimum absolute atomic E-state index is 0.179. The lowest BCUT2D eigenvalue weighted by Crippen LogP contribution is -2.33. The van der Waals surface area contributed by atoms with Crippen LogP contribution in [0.1, 0.15) is 26.5 Å². The standard InChI is InChI=1S/C24H17NO6S/c1-30-23(28)17-9-7-16(8-10-17)20-12-11-18(31-20)13-21-22(27)25(24(29)32-21)14-19(26)15-5-3-2-4-6-15/h2-13H,14H2,1H3/b21-13+. The number of amides is 2. The van der Waals surface area contributed by atoms with Gasteiger partial charge in [0.05, 0.1) is 24.1 Å². The van der Waals surface area contributed by atoms with E-state index in [4.69, 9.17) is 4.42 Å². The van der Waals surface area contributed by atoms with E-state index in [0.717, 1.165) is 22.2 Å². The summed E-state index contributed by atoms with van der Waals surface area (Å²) in [4.78, 5) is 50.0. The van der Waals surface area contributed by atoms with Gasteiger partial charge in [-0.25, -0.2) is 4.79 Å². The number of rotatable bonds is 6. The van der Waals surface area contributed by atoms with Gasteiger partial charge >= 0.3 is 5.97 Å². The van der Waals surface area contributed by atoms with Gasteiger partial charge in [-0.1, -0.05) is 42.5 Å². The van der Waals surface area contributed by atoms with Crippen LogP contribution in [0.4, 0.5) is 4.79 Å². The number of benzene rings is 2. The fraction of sp³-hybridized carbons (Fsp3) is 0.0833. The van der Waals surface area contributed by atoms with Crippen LogP contribution in [0.25, 0.3) is 17.4 Å². The van der Waals surface area contributed by atoms with Crippen LogP contribution in [-0.4, -0.2) is 41.5 Å². The number of ether oxygens (including phenoxy) is 1. The Hall–Kier alpha value is -3.91. The average molecular weight is 447 g/mol. The number of imide groups is 1. The molecule has 1 aliphatic rings. The van der Waals surface area contributed by atoms with Gasteiger partial charge in [-0.2, -0.15) is 0 Å². The van der Waals surface area contributed by atoms with Gasteiger partial charge in [0.25, 0.3) is 11.1 Å². The molecular weight excluding hydrogens is 430 g/mol. The van der Waals surface area contributed by atoms with Crippen LogP contribution < -0.4 is 0 Å². The summed E-state index contributed by atoms with van der Waals surface area (Å²) in [7, 11) is 1.31. The van der Waals surface area contributed by atoms with E-state index in [9.17, 15) is 19.2 Å². The summed E-state index contributed by atoms with van der Waals surface area (Å²) in [6, 6.07) is 18.6. The smallest absolute Gasteiger partial charge is 0.337 e. The van der Waals surface area contributed by atoms with Gasteiger partial charge in [0.1, 0.15) is 11.5 Å². The molecule has 2 heterocycles. The monoisotopic (exact) mass is 447 g/mol. The van der Waals surface area contributed by atoms with Crippen LogP contribution in [0.15, 0.2) is 76.1 Å². The van der Waals surface area contributed by atoms with E-state index >= 15 is 0 Å². The van der Waals surface area contributed by atoms with Crippen molar-refractivity contribution < 1.29 is 28.3 Å². The largest absolute Gasteiger partial charge is 0.465 e. The molecule has 0 N–H and O–H groups in total. The Kier molecular flexibility index (Phi) is 6.04. The van der Waals surface area contributed by atoms with Crippen molar-refractivity contribution in [3.8, 4) is 11.3 Å². The molecule has 0 spiro atoms. The fourth-order valence-corrected chi connectivity index (χ4v) is 3.92. The third kappa shape index (κ3) is 4.40. The number of ketones is 1. The Labute approximate surface area is 187 Å². The molecule has 0 unspecified atom stereocenters. The highest BCUT2D eigenvalue weighted by Crippen LogP contribution is 2.33. The van der Waals surface area contributed by atoms with Crippen LogP contribution in [0.3, 0.4) is 0 Å². The number of Topliss-reactive ketones (excluding diaryl/α,β-unsaturated/α-hetero) is 1. The molecule has 0 aliphatic carbocycles. The Morgan fingerprint density at radius 1 is 0.969 bits per heavy atom. The molecule has 2 amide bonds. The van der Waals surface area contributed by atoms with Crippen molar-refractivity contribution in [3.05, 3.63) is 88.5 Å². The fourth-order valence-electron chi connectivity index (χ4n) is 3.10. The second kappa shape index (κ2) is 9.07. The van der Waals surface area contributed by atoms with E-state index in [0.29, 0.717) is 22.6 Å². The molecule has 0 bridgehead atoms. The van der Waals surface area contributed by atoms with Gasteiger partial charge < -0.3 is 9.15 Å². The third-order valence-corrected chi connectivity index (χ3v) is 5.67. The second-order valence-electron chi connectivity index (χ2n) is 6.83. The molecule has 0 atom stereocenters. The molecule has 1 aliphatic heterocycles. The number of hydrogen-bond acceptors (Lipinski definition) is 7. The zero-order chi connectivity index (χ0) is 22.7. The molecule has 7 nitrogen and oxygen atoms in total. The number of methoxy groups -OCH3 is 1. The van der Waals surface area contributed by atoms with Crippen LogP contribution in [0.5, 0.6) is 0 Å². The predicted molar refractivity (Wildman–Crippen MR) is 119 cm³/mol. The molecule has 0 saturated carbocycles. The summed E-state index contributed by atoms with van der Waals surface area (Å²) < 4.78 is 10.5. The van der Waals surface area contributed by atoms with Crippen molar-refractivity contribution in [2.75, 3.05) is 13.7 Å². The SMILES string of the molecule is COC(=O)c1ccc(-c2ccc(/C=C3/SC(=O)N(CC(=O)c4ccccc4)C3=O)o2)cc1. The average Bonchev–Trinajstić information content (AvgIpc) is 3.39. The number of esters is 1. The van der Waals surface area contributed by atoms with Crippen molar-refractivity contribution in [1.82, 2.24) is 4.90 Å². The summed E-state index contributed by atoms with van der Waals surface area (Å²) in [6.45, 7) is -0.317. The Morgan fingerprint density at radius 2 is 1.69 bits per heavy atom. The highest BCUT2D eigenvalue weighted by molar-refractivity contribution is 8.18. The van der Waals surface area contributed by atoms with E-state index in [1.807, 2.05) is 0 Å². The van der Waals surface area contributed by atoms with Gasteiger partial charge in [0, 0.05) is 17.2 Å². The van der Waals surface area contributed by atoms with E-state index in [-0.39, 0.29) is 17.2 Å². The molecule has 3 aromatic rings. The summed E-state index contributed by atoms with van der Waals surface area (Å²) >= 11 is 0.761. The molecule has 32 heavy (non-hydrogen) atoms. The highest BCUT2D eigenvalue weighted by Gasteiger charge is 2.36. The summed E-state index contributed by atoms with van der Waals surface area (Å²) in [5, 5.41) is -0.504. The minimum Gasteiger partial charge on any atom is -0.465 e. The quantitative estimate of drug-likeness (QED) is 0.308. The highest BCUT2D eigenvalue weighted by atomic mass is 32.2. The van der Waals surface area contributed by atoms with Gasteiger partial charge in [0.15, 0.2) is 5.78 Å². The lowest BCUT2D eigenvalue weighted by molar-refractivity contribution is -0.122. The number of carbonyl (C=O) groups is 4. The first-order valence-corrected chi connectivity index (χ1v) is 10.4. The lowest BCUT2D eigenvalue weighted by atomic mass is 10.1. The first-order valence-electron chi connectivity index (χ1n) is 9.58. The van der Waals surface area contributed by atoms with Crippen LogP contribution in [0.2, 0.25) is 0 Å². The summed E-state index contributed by atoms with van der Waals surface area (Å²) in [5.74, 6) is -0.365. The zero-order valence-corrected chi connectivity index (χ0v) is 17.8. The third-order valence-electron chi connectivity index (χ3n) is 4.76. The van der Waals surface area contributed by atoms with Gasteiger partial charge in [-0.05, 0) is 36.0 Å². The van der Waals surface area contributed by atoms with Crippen LogP contribution >= 0.6 is 11.8 Å². The zero-order valence-electron chi connectivity index (χ0n) is 16.9. The van der Waals surface area contributed by atoms with E-state index in [1.165, 1.54) is 13.2 Å². The first-order chi connectivity index (χ1) is 15.5. The topological polar surface area (TPSA) is 93.9 Å². The molecule has 160 valence electrons. The summed E-state index contributed by atoms with van der Waals surface area (Å²) in [5.41, 5.74) is 1.59. The van der Waals surface area contributed by atoms with Gasteiger partial charge in [-0.15, -0.1) is 0 Å². The Bertz CT molecular complexity index is 1230. The Morgan fingerprint density at radius 3 is 2.38 bits per heavy atom. The number of furan rings is 1. The van der Waals surface area contributed by atoms with E-state index in [2.05, 4.69) is 4.74 Å². The number of carbonyl (C=O) groups excluding carboxylic acids is 4. The number of nitrogens with zero attached hydrogens (tertiary/aromatic N) is 1. The second-order valence-corrected chi connectivity index (χ2v) is 7.82. The van der Waals surface area contributed by atoms with Crippen molar-refractivity contribution >= 4 is 40.7 Å². The maximum Gasteiger partial charge on any atom is 0.337 e. The lowest BCUT2D eigenvalue weighted by Gasteiger charge is -2.11. The molecule has 2 aromatic carbocycles. The van der Waals surface area contributed by atoms with Crippen molar-refractivity contribution in [1.29, 1.82) is 0 Å². The molecular formula is C24H17NO6S. The maximum atomic E-state index is 12.7. The molecule has 0 radical (unpaired) electrons. The molecule has 1 saturated heterocycles. The molecule has 4 rings (SSSR count). The Balaban J connectivity index is 1.48. The van der Waals surface area contributed by atoms with Crippen molar-refractivity contribution in [3.63, 3.8) is 0 Å². The van der Waals surface area contributed by atoms with E-state index in [1.54, 1.807) is 66.7 Å². The number of thioether (sulfide) groups is 1. The first kappa shape index (κ1) is 21.3. The summed E-state index contributed by atoms with van der Waals surface area (Å²) in [6.07, 6.45) is 1.48. The molecule has 8 heteroatoms. The number of hydrogen-bond donors (Lipinski definition) is 0. The minimum atomic E-state index is -0.537. The van der Waals surface area contributed by atoms with Crippen LogP contribution in [0, 0.1) is 0 Å². The van der Waals surface area contributed by atoms with E-state index < -0.39 is 17.1 Å². The maximum absolute atomic E-state index is 12.7. The predicted octanol–water partition coefficient (Wildman–Crippen LogP) is 4.65. The molecule has 1 fully saturated rings.